The fourth-order valence-corrected chi connectivity index (χ4v) is 4.81. The first-order chi connectivity index (χ1) is 17.5. The molecule has 0 bridgehead atoms. The number of amides is 1. The number of aromatic nitrogens is 7. The Kier molecular flexibility index (Phi) is 5.19. The zero-order valence-corrected chi connectivity index (χ0v) is 20.2. The molecule has 0 unspecified atom stereocenters. The Hall–Kier alpha value is -4.64. The number of rotatable bonds is 5. The van der Waals surface area contributed by atoms with E-state index in [1.165, 1.54) is 17.2 Å². The molecule has 1 aromatic carbocycles. The summed E-state index contributed by atoms with van der Waals surface area (Å²) in [7, 11) is 0. The fourth-order valence-electron chi connectivity index (χ4n) is 4.12. The summed E-state index contributed by atoms with van der Waals surface area (Å²) in [5.41, 5.74) is 3.04. The number of pyridine rings is 1. The van der Waals surface area contributed by atoms with Crippen LogP contribution in [0.1, 0.15) is 30.2 Å². The molecule has 0 spiro atoms. The van der Waals surface area contributed by atoms with Crippen LogP contribution < -0.4 is 10.9 Å². The Morgan fingerprint density at radius 3 is 2.69 bits per heavy atom. The van der Waals surface area contributed by atoms with Crippen LogP contribution in [0.3, 0.4) is 0 Å². The first kappa shape index (κ1) is 21.9. The average Bonchev–Trinajstić information content (AvgIpc) is 3.63. The van der Waals surface area contributed by atoms with Crippen molar-refractivity contribution in [3.05, 3.63) is 82.5 Å². The van der Waals surface area contributed by atoms with E-state index in [1.54, 1.807) is 35.7 Å². The topological polar surface area (TPSA) is 123 Å². The Bertz CT molecular complexity index is 1800. The number of para-hydroxylation sites is 2. The minimum atomic E-state index is -0.307. The van der Waals surface area contributed by atoms with E-state index in [9.17, 15) is 9.59 Å². The second-order valence-corrected chi connectivity index (χ2v) is 9.40. The van der Waals surface area contributed by atoms with Crippen LogP contribution in [-0.4, -0.2) is 40.4 Å². The van der Waals surface area contributed by atoms with E-state index in [2.05, 4.69) is 25.5 Å². The van der Waals surface area contributed by atoms with E-state index in [0.717, 1.165) is 4.88 Å². The maximum absolute atomic E-state index is 13.7. The van der Waals surface area contributed by atoms with Crippen LogP contribution in [0, 0.1) is 0 Å². The molecule has 0 aliphatic carbocycles. The number of H-pyrrole nitrogens is 1. The lowest BCUT2D eigenvalue weighted by Gasteiger charge is -2.13. The largest absolute Gasteiger partial charge is 0.320 e. The van der Waals surface area contributed by atoms with Crippen molar-refractivity contribution in [2.24, 2.45) is 0 Å². The number of nitrogens with zero attached hydrogens (tertiary/aromatic N) is 6. The van der Waals surface area contributed by atoms with E-state index in [0.29, 0.717) is 44.7 Å². The van der Waals surface area contributed by atoms with Crippen molar-refractivity contribution >= 4 is 45.0 Å². The van der Waals surface area contributed by atoms with Gasteiger partial charge in [0.1, 0.15) is 5.39 Å². The van der Waals surface area contributed by atoms with Crippen LogP contribution in [0.25, 0.3) is 38.3 Å². The minimum Gasteiger partial charge on any atom is -0.320 e. The van der Waals surface area contributed by atoms with Crippen LogP contribution in [-0.2, 0) is 0 Å². The highest BCUT2D eigenvalue weighted by Gasteiger charge is 2.20. The molecule has 0 atom stereocenters. The zero-order valence-electron chi connectivity index (χ0n) is 19.3. The molecule has 0 aliphatic heterocycles. The van der Waals surface area contributed by atoms with Gasteiger partial charge in [-0.2, -0.15) is 10.2 Å². The van der Waals surface area contributed by atoms with Gasteiger partial charge in [-0.1, -0.05) is 18.2 Å². The average molecular weight is 497 g/mol. The molecular formula is C25H20N8O2S. The van der Waals surface area contributed by atoms with Crippen molar-refractivity contribution in [3.8, 4) is 16.3 Å². The first-order valence-electron chi connectivity index (χ1n) is 11.3. The number of nitrogens with one attached hydrogen (secondary N) is 2. The molecule has 2 N–H and O–H groups in total. The summed E-state index contributed by atoms with van der Waals surface area (Å²) in [5.74, 6) is -0.307. The van der Waals surface area contributed by atoms with Crippen LogP contribution in [0.15, 0.2) is 71.4 Å². The molecule has 10 nitrogen and oxygen atoms in total. The summed E-state index contributed by atoms with van der Waals surface area (Å²) in [4.78, 5) is 38.4. The third-order valence-corrected chi connectivity index (χ3v) is 6.72. The zero-order chi connectivity index (χ0) is 24.8. The standard InChI is InChI=1S/C25H20N8O2S/c1-14(2)32-23-16(11-28-32)15(10-19(30-23)21-8-5-9-36-21)25(35)31-18-6-3-4-7-20(18)33-22-17(12-29-33)24(34)27-13-26-22/h3-14H,1-2H3,(H,31,35)(H,26,27,34). The van der Waals surface area contributed by atoms with Gasteiger partial charge >= 0.3 is 0 Å². The molecule has 0 aliphatic rings. The van der Waals surface area contributed by atoms with E-state index >= 15 is 0 Å². The van der Waals surface area contributed by atoms with E-state index in [1.807, 2.05) is 48.2 Å². The van der Waals surface area contributed by atoms with Crippen LogP contribution in [0.2, 0.25) is 0 Å². The van der Waals surface area contributed by atoms with Crippen molar-refractivity contribution in [2.45, 2.75) is 19.9 Å². The SMILES string of the molecule is CC(C)n1ncc2c(C(=O)Nc3ccccc3-n3ncc4c(=O)[nH]cnc43)cc(-c3cccs3)nc21. The molecule has 0 saturated carbocycles. The maximum atomic E-state index is 13.7. The van der Waals surface area contributed by atoms with Gasteiger partial charge in [-0.25, -0.2) is 19.3 Å². The third-order valence-electron chi connectivity index (χ3n) is 5.83. The third kappa shape index (κ3) is 3.57. The normalized spacial score (nSPS) is 11.5. The Labute approximate surface area is 208 Å². The number of anilines is 1. The summed E-state index contributed by atoms with van der Waals surface area (Å²) >= 11 is 1.56. The van der Waals surface area contributed by atoms with Gasteiger partial charge in [0.25, 0.3) is 11.5 Å². The first-order valence-corrected chi connectivity index (χ1v) is 12.1. The Balaban J connectivity index is 1.46. The van der Waals surface area contributed by atoms with Gasteiger partial charge < -0.3 is 10.3 Å². The van der Waals surface area contributed by atoms with Crippen LogP contribution in [0.5, 0.6) is 0 Å². The Morgan fingerprint density at radius 2 is 1.89 bits per heavy atom. The molecule has 11 heteroatoms. The second-order valence-electron chi connectivity index (χ2n) is 8.45. The number of carbonyl (C=O) groups excluding carboxylic acids is 1. The van der Waals surface area contributed by atoms with Gasteiger partial charge in [0, 0.05) is 6.04 Å². The lowest BCUT2D eigenvalue weighted by Crippen LogP contribution is -2.15. The Morgan fingerprint density at radius 1 is 1.06 bits per heavy atom. The lowest BCUT2D eigenvalue weighted by molar-refractivity contribution is 0.102. The number of hydrogen-bond acceptors (Lipinski definition) is 7. The smallest absolute Gasteiger partial charge is 0.261 e. The van der Waals surface area contributed by atoms with Crippen LogP contribution >= 0.6 is 11.3 Å². The number of hydrogen-bond donors (Lipinski definition) is 2. The molecule has 6 rings (SSSR count). The molecule has 0 fully saturated rings. The molecule has 36 heavy (non-hydrogen) atoms. The van der Waals surface area contributed by atoms with Crippen molar-refractivity contribution in [2.75, 3.05) is 5.32 Å². The second kappa shape index (κ2) is 8.54. The highest BCUT2D eigenvalue weighted by molar-refractivity contribution is 7.13. The predicted octanol–water partition coefficient (Wildman–Crippen LogP) is 4.42. The van der Waals surface area contributed by atoms with Crippen molar-refractivity contribution in [3.63, 3.8) is 0 Å². The van der Waals surface area contributed by atoms with Gasteiger partial charge in [0.05, 0.1) is 51.6 Å². The van der Waals surface area contributed by atoms with Crippen molar-refractivity contribution < 1.29 is 4.79 Å². The summed E-state index contributed by atoms with van der Waals surface area (Å²) in [6, 6.07) is 13.0. The van der Waals surface area contributed by atoms with E-state index in [-0.39, 0.29) is 17.5 Å². The van der Waals surface area contributed by atoms with Gasteiger partial charge in [-0.05, 0) is 43.5 Å². The monoisotopic (exact) mass is 496 g/mol. The summed E-state index contributed by atoms with van der Waals surface area (Å²) < 4.78 is 3.35. The van der Waals surface area contributed by atoms with E-state index in [4.69, 9.17) is 4.98 Å². The molecule has 178 valence electrons. The van der Waals surface area contributed by atoms with Gasteiger partial charge in [0.2, 0.25) is 0 Å². The van der Waals surface area contributed by atoms with E-state index < -0.39 is 0 Å². The van der Waals surface area contributed by atoms with Crippen molar-refractivity contribution in [1.82, 2.24) is 34.5 Å². The molecule has 5 aromatic heterocycles. The molecule has 5 heterocycles. The molecule has 1 amide bonds. The highest BCUT2D eigenvalue weighted by atomic mass is 32.1. The maximum Gasteiger partial charge on any atom is 0.261 e. The summed E-state index contributed by atoms with van der Waals surface area (Å²) in [5, 5.41) is 14.9. The minimum absolute atomic E-state index is 0.0777. The van der Waals surface area contributed by atoms with Gasteiger partial charge in [-0.3, -0.25) is 9.59 Å². The number of thiophene rings is 1. The highest BCUT2D eigenvalue weighted by Crippen LogP contribution is 2.30. The van der Waals surface area contributed by atoms with Crippen molar-refractivity contribution in [1.29, 1.82) is 0 Å². The summed E-state index contributed by atoms with van der Waals surface area (Å²) in [6.45, 7) is 4.05. The quantitative estimate of drug-likeness (QED) is 0.364. The molecule has 6 aromatic rings. The number of benzene rings is 1. The fraction of sp³-hybridized carbons (Fsp3) is 0.120. The van der Waals surface area contributed by atoms with Crippen LogP contribution in [0.4, 0.5) is 5.69 Å². The predicted molar refractivity (Wildman–Crippen MR) is 139 cm³/mol. The number of carbonyl (C=O) groups is 1. The summed E-state index contributed by atoms with van der Waals surface area (Å²) in [6.07, 6.45) is 4.47. The molecule has 0 saturated heterocycles. The molecular weight excluding hydrogens is 476 g/mol. The van der Waals surface area contributed by atoms with Gasteiger partial charge in [-0.15, -0.1) is 11.3 Å². The lowest BCUT2D eigenvalue weighted by atomic mass is 10.1. The number of fused-ring (bicyclic) bond motifs is 2. The van der Waals surface area contributed by atoms with Gasteiger partial charge in [0.15, 0.2) is 11.3 Å². The number of aromatic amines is 1. The molecule has 0 radical (unpaired) electrons.